The predicted octanol–water partition coefficient (Wildman–Crippen LogP) is 1.07. The number of fused-ring (bicyclic) bond motifs is 1. The summed E-state index contributed by atoms with van der Waals surface area (Å²) in [5, 5.41) is 19.8. The highest BCUT2D eigenvalue weighted by molar-refractivity contribution is 6.58. The van der Waals surface area contributed by atoms with Crippen LogP contribution in [0.4, 0.5) is 5.69 Å². The molecule has 2 rings (SSSR count). The highest BCUT2D eigenvalue weighted by atomic mass is 16.4. The third-order valence-corrected chi connectivity index (χ3v) is 2.28. The Labute approximate surface area is 87.6 Å². The molecule has 0 bridgehead atoms. The molecule has 0 aliphatic carbocycles. The van der Waals surface area contributed by atoms with Crippen molar-refractivity contribution in [3.63, 3.8) is 0 Å². The Balaban J connectivity index is 2.64. The van der Waals surface area contributed by atoms with Gasteiger partial charge in [0.05, 0.1) is 6.57 Å². The van der Waals surface area contributed by atoms with E-state index in [0.29, 0.717) is 11.2 Å². The molecule has 0 saturated carbocycles. The molecular formula is C11H8BNO2. The zero-order valence-corrected chi connectivity index (χ0v) is 7.88. The van der Waals surface area contributed by atoms with Crippen LogP contribution in [0.1, 0.15) is 0 Å². The Hall–Kier alpha value is -1.83. The normalized spacial score (nSPS) is 9.93. The van der Waals surface area contributed by atoms with Gasteiger partial charge in [0.2, 0.25) is 0 Å². The lowest BCUT2D eigenvalue weighted by atomic mass is 9.79. The summed E-state index contributed by atoms with van der Waals surface area (Å²) >= 11 is 0. The molecule has 0 aromatic heterocycles. The van der Waals surface area contributed by atoms with Gasteiger partial charge in [0.25, 0.3) is 0 Å². The van der Waals surface area contributed by atoms with Gasteiger partial charge in [-0.25, -0.2) is 4.85 Å². The van der Waals surface area contributed by atoms with Gasteiger partial charge >= 0.3 is 7.12 Å². The highest BCUT2D eigenvalue weighted by Crippen LogP contribution is 2.20. The maximum atomic E-state index is 9.00. The number of hydrogen-bond acceptors (Lipinski definition) is 2. The van der Waals surface area contributed by atoms with E-state index in [-0.39, 0.29) is 0 Å². The summed E-state index contributed by atoms with van der Waals surface area (Å²) in [5.74, 6) is 0. The smallest absolute Gasteiger partial charge is 0.423 e. The van der Waals surface area contributed by atoms with Crippen LogP contribution in [-0.4, -0.2) is 17.2 Å². The summed E-state index contributed by atoms with van der Waals surface area (Å²) in [5.41, 5.74) is 0.983. The third kappa shape index (κ3) is 1.84. The molecule has 0 unspecified atom stereocenters. The van der Waals surface area contributed by atoms with E-state index < -0.39 is 7.12 Å². The number of nitrogens with zero attached hydrogens (tertiary/aromatic N) is 1. The Morgan fingerprint density at radius 1 is 1.00 bits per heavy atom. The molecule has 2 aromatic rings. The molecule has 0 aliphatic rings. The molecule has 0 atom stereocenters. The molecule has 3 nitrogen and oxygen atoms in total. The summed E-state index contributed by atoms with van der Waals surface area (Å²) in [6.45, 7) is 6.88. The molecule has 0 radical (unpaired) electrons. The van der Waals surface area contributed by atoms with Crippen LogP contribution >= 0.6 is 0 Å². The summed E-state index contributed by atoms with van der Waals surface area (Å²) < 4.78 is 0. The zero-order valence-electron chi connectivity index (χ0n) is 7.88. The lowest BCUT2D eigenvalue weighted by molar-refractivity contribution is 0.426. The maximum absolute atomic E-state index is 9.00. The van der Waals surface area contributed by atoms with Crippen LogP contribution in [0, 0.1) is 6.57 Å². The summed E-state index contributed by atoms with van der Waals surface area (Å²) in [6.07, 6.45) is 0. The number of benzene rings is 2. The van der Waals surface area contributed by atoms with Crippen molar-refractivity contribution < 1.29 is 10.0 Å². The predicted molar refractivity (Wildman–Crippen MR) is 60.0 cm³/mol. The first-order chi connectivity index (χ1) is 7.20. The standard InChI is InChI=1S/C11H8BNO2/c1-13-11-5-3-8-2-4-10(12(14)15)6-9(8)7-11/h2-7,14-15H. The van der Waals surface area contributed by atoms with Gasteiger partial charge in [0.15, 0.2) is 5.69 Å². The second-order valence-corrected chi connectivity index (χ2v) is 3.28. The van der Waals surface area contributed by atoms with Crippen molar-refractivity contribution in [1.82, 2.24) is 0 Å². The van der Waals surface area contributed by atoms with Gasteiger partial charge in [-0.3, -0.25) is 0 Å². The molecule has 0 fully saturated rings. The van der Waals surface area contributed by atoms with E-state index in [9.17, 15) is 0 Å². The van der Waals surface area contributed by atoms with E-state index >= 15 is 0 Å². The Kier molecular flexibility index (Phi) is 2.42. The molecule has 2 N–H and O–H groups in total. The first kappa shape index (κ1) is 9.72. The average molecular weight is 197 g/mol. The lowest BCUT2D eigenvalue weighted by Crippen LogP contribution is -2.29. The third-order valence-electron chi connectivity index (χ3n) is 2.28. The van der Waals surface area contributed by atoms with E-state index in [1.807, 2.05) is 6.07 Å². The lowest BCUT2D eigenvalue weighted by Gasteiger charge is -2.02. The molecule has 0 aliphatic heterocycles. The largest absolute Gasteiger partial charge is 0.488 e. The Morgan fingerprint density at radius 2 is 1.73 bits per heavy atom. The fourth-order valence-electron chi connectivity index (χ4n) is 1.48. The highest BCUT2D eigenvalue weighted by Gasteiger charge is 2.10. The van der Waals surface area contributed by atoms with Crippen molar-refractivity contribution in [3.05, 3.63) is 47.8 Å². The SMILES string of the molecule is [C-]#[N+]c1ccc2ccc(B(O)O)cc2c1. The Morgan fingerprint density at radius 3 is 2.40 bits per heavy atom. The van der Waals surface area contributed by atoms with Gasteiger partial charge in [-0.15, -0.1) is 0 Å². The summed E-state index contributed by atoms with van der Waals surface area (Å²) in [7, 11) is -1.47. The Bertz CT molecular complexity index is 546. The first-order valence-corrected chi connectivity index (χ1v) is 4.48. The van der Waals surface area contributed by atoms with Gasteiger partial charge < -0.3 is 10.0 Å². The molecule has 0 heterocycles. The van der Waals surface area contributed by atoms with E-state index in [4.69, 9.17) is 16.6 Å². The minimum atomic E-state index is -1.47. The molecular weight excluding hydrogens is 189 g/mol. The monoisotopic (exact) mass is 197 g/mol. The van der Waals surface area contributed by atoms with Gasteiger partial charge in [-0.05, 0) is 22.3 Å². The maximum Gasteiger partial charge on any atom is 0.488 e. The molecule has 2 aromatic carbocycles. The van der Waals surface area contributed by atoms with Crippen LogP contribution in [0.2, 0.25) is 0 Å². The molecule has 4 heteroatoms. The van der Waals surface area contributed by atoms with Crippen molar-refractivity contribution in [1.29, 1.82) is 0 Å². The van der Waals surface area contributed by atoms with Crippen LogP contribution in [-0.2, 0) is 0 Å². The first-order valence-electron chi connectivity index (χ1n) is 4.48. The minimum Gasteiger partial charge on any atom is -0.423 e. The second kappa shape index (κ2) is 3.74. The molecule has 0 saturated heterocycles. The van der Waals surface area contributed by atoms with Crippen LogP contribution < -0.4 is 5.46 Å². The minimum absolute atomic E-state index is 0.435. The fraction of sp³-hybridized carbons (Fsp3) is 0. The quantitative estimate of drug-likeness (QED) is 0.530. The van der Waals surface area contributed by atoms with Crippen molar-refractivity contribution in [2.45, 2.75) is 0 Å². The van der Waals surface area contributed by atoms with E-state index in [1.54, 1.807) is 30.3 Å². The van der Waals surface area contributed by atoms with Crippen LogP contribution in [0.25, 0.3) is 15.6 Å². The van der Waals surface area contributed by atoms with Crippen molar-refractivity contribution in [2.75, 3.05) is 0 Å². The van der Waals surface area contributed by atoms with Crippen molar-refractivity contribution in [2.24, 2.45) is 0 Å². The van der Waals surface area contributed by atoms with Gasteiger partial charge in [0.1, 0.15) is 0 Å². The van der Waals surface area contributed by atoms with Crippen molar-refractivity contribution >= 4 is 29.0 Å². The van der Waals surface area contributed by atoms with Crippen LogP contribution in [0.5, 0.6) is 0 Å². The second-order valence-electron chi connectivity index (χ2n) is 3.28. The van der Waals surface area contributed by atoms with Gasteiger partial charge in [-0.1, -0.05) is 30.3 Å². The van der Waals surface area contributed by atoms with E-state index in [2.05, 4.69) is 4.85 Å². The van der Waals surface area contributed by atoms with Gasteiger partial charge in [0, 0.05) is 0 Å². The molecule has 0 amide bonds. The number of rotatable bonds is 1. The van der Waals surface area contributed by atoms with Gasteiger partial charge in [-0.2, -0.15) is 0 Å². The fourth-order valence-corrected chi connectivity index (χ4v) is 1.48. The average Bonchev–Trinajstić information content (AvgIpc) is 2.27. The van der Waals surface area contributed by atoms with Crippen LogP contribution in [0.3, 0.4) is 0 Å². The molecule has 72 valence electrons. The summed E-state index contributed by atoms with van der Waals surface area (Å²) in [4.78, 5) is 3.32. The van der Waals surface area contributed by atoms with Crippen molar-refractivity contribution in [3.8, 4) is 0 Å². The topological polar surface area (TPSA) is 44.8 Å². The zero-order chi connectivity index (χ0) is 10.8. The number of hydrogen-bond donors (Lipinski definition) is 2. The van der Waals surface area contributed by atoms with Crippen LogP contribution in [0.15, 0.2) is 36.4 Å². The summed E-state index contributed by atoms with van der Waals surface area (Å²) in [6, 6.07) is 10.5. The molecule has 0 spiro atoms. The van der Waals surface area contributed by atoms with E-state index in [0.717, 1.165) is 10.8 Å². The van der Waals surface area contributed by atoms with E-state index in [1.165, 1.54) is 0 Å². The molecule has 15 heavy (non-hydrogen) atoms.